The van der Waals surface area contributed by atoms with Crippen molar-refractivity contribution in [2.24, 2.45) is 0 Å². The molecule has 8 heteroatoms. The van der Waals surface area contributed by atoms with Gasteiger partial charge in [-0.25, -0.2) is 4.98 Å². The van der Waals surface area contributed by atoms with Crippen LogP contribution in [0.15, 0.2) is 12.1 Å². The van der Waals surface area contributed by atoms with Gasteiger partial charge in [0.05, 0.1) is 32.4 Å². The number of anilines is 1. The maximum atomic E-state index is 8.36. The summed E-state index contributed by atoms with van der Waals surface area (Å²) < 4.78 is 17.5. The predicted octanol–water partition coefficient (Wildman–Crippen LogP) is 3.70. The van der Waals surface area contributed by atoms with Crippen LogP contribution in [0.4, 0.5) is 5.82 Å². The first-order valence-electron chi connectivity index (χ1n) is 11.4. The number of ether oxygens (including phenoxy) is 3. The van der Waals surface area contributed by atoms with E-state index in [4.69, 9.17) is 29.1 Å². The van der Waals surface area contributed by atoms with E-state index in [-0.39, 0.29) is 6.47 Å². The number of fused-ring (bicyclic) bond motifs is 3. The van der Waals surface area contributed by atoms with E-state index >= 15 is 0 Å². The molecular formula is C24H35N3O5. The van der Waals surface area contributed by atoms with Crippen molar-refractivity contribution in [2.45, 2.75) is 52.2 Å². The Morgan fingerprint density at radius 3 is 2.69 bits per heavy atom. The summed E-state index contributed by atoms with van der Waals surface area (Å²) >= 11 is 0. The fourth-order valence-electron chi connectivity index (χ4n) is 4.31. The summed E-state index contributed by atoms with van der Waals surface area (Å²) in [6.45, 7) is 9.59. The average Bonchev–Trinajstić information content (AvgIpc) is 3.30. The molecule has 0 radical (unpaired) electrons. The van der Waals surface area contributed by atoms with E-state index in [0.717, 1.165) is 54.2 Å². The molecule has 2 aromatic rings. The van der Waals surface area contributed by atoms with E-state index in [1.54, 1.807) is 7.11 Å². The highest BCUT2D eigenvalue weighted by atomic mass is 16.5. The highest BCUT2D eigenvalue weighted by Crippen LogP contribution is 2.37. The van der Waals surface area contributed by atoms with Gasteiger partial charge in [-0.3, -0.25) is 4.79 Å². The highest BCUT2D eigenvalue weighted by molar-refractivity contribution is 5.89. The lowest BCUT2D eigenvalue weighted by Crippen LogP contribution is -2.22. The van der Waals surface area contributed by atoms with Crippen molar-refractivity contribution in [1.29, 1.82) is 0 Å². The van der Waals surface area contributed by atoms with Gasteiger partial charge in [-0.1, -0.05) is 0 Å². The first kappa shape index (κ1) is 24.1. The van der Waals surface area contributed by atoms with E-state index < -0.39 is 0 Å². The van der Waals surface area contributed by atoms with Crippen LogP contribution in [0.1, 0.15) is 44.2 Å². The number of hydrogen-bond acceptors (Lipinski definition) is 7. The Hall–Kier alpha value is -2.58. The Morgan fingerprint density at radius 2 is 2.00 bits per heavy atom. The molecule has 8 nitrogen and oxygen atoms in total. The van der Waals surface area contributed by atoms with Crippen molar-refractivity contribution >= 4 is 23.2 Å². The minimum Gasteiger partial charge on any atom is -0.493 e. The summed E-state index contributed by atoms with van der Waals surface area (Å²) in [4.78, 5) is 15.8. The maximum Gasteiger partial charge on any atom is 0.290 e. The number of benzene rings is 1. The van der Waals surface area contributed by atoms with Gasteiger partial charge in [0.25, 0.3) is 6.47 Å². The van der Waals surface area contributed by atoms with Crippen LogP contribution in [-0.4, -0.2) is 67.5 Å². The summed E-state index contributed by atoms with van der Waals surface area (Å²) in [5.74, 6) is 2.47. The molecule has 1 saturated heterocycles. The molecule has 2 aliphatic rings. The lowest BCUT2D eigenvalue weighted by Gasteiger charge is -2.24. The number of aromatic nitrogens is 1. The standard InChI is InChI=1S/C23H33N3O3.CH2O2/c1-16(2)24-23-19-15-28-12-7-17(19)18-13-21(27-3)22(14-20(18)25-23)29-11-6-10-26-8-4-5-9-26;2-1-3/h13-14,16H,4-12,15H2,1-3H3,(H,24,25);1H,(H,2,3). The third-order valence-corrected chi connectivity index (χ3v) is 5.73. The van der Waals surface area contributed by atoms with Gasteiger partial charge in [-0.2, -0.15) is 0 Å². The van der Waals surface area contributed by atoms with Crippen molar-refractivity contribution in [1.82, 2.24) is 9.88 Å². The zero-order chi connectivity index (χ0) is 22.9. The van der Waals surface area contributed by atoms with E-state index in [0.29, 0.717) is 19.3 Å². The van der Waals surface area contributed by atoms with Crippen molar-refractivity contribution < 1.29 is 24.1 Å². The largest absolute Gasteiger partial charge is 0.493 e. The van der Waals surface area contributed by atoms with Crippen molar-refractivity contribution in [3.63, 3.8) is 0 Å². The van der Waals surface area contributed by atoms with E-state index in [1.165, 1.54) is 37.1 Å². The highest BCUT2D eigenvalue weighted by Gasteiger charge is 2.21. The summed E-state index contributed by atoms with van der Waals surface area (Å²) in [6, 6.07) is 4.43. The lowest BCUT2D eigenvalue weighted by molar-refractivity contribution is -0.122. The van der Waals surface area contributed by atoms with Gasteiger partial charge >= 0.3 is 0 Å². The second-order valence-corrected chi connectivity index (χ2v) is 8.40. The zero-order valence-corrected chi connectivity index (χ0v) is 19.4. The minimum absolute atomic E-state index is 0.250. The topological polar surface area (TPSA) is 93.1 Å². The van der Waals surface area contributed by atoms with Crippen molar-refractivity contribution in [3.8, 4) is 11.5 Å². The van der Waals surface area contributed by atoms with Gasteiger partial charge in [0, 0.05) is 29.6 Å². The molecule has 2 N–H and O–H groups in total. The summed E-state index contributed by atoms with van der Waals surface area (Å²) in [5, 5.41) is 11.5. The molecule has 1 aromatic carbocycles. The van der Waals surface area contributed by atoms with Gasteiger partial charge in [-0.15, -0.1) is 0 Å². The molecule has 3 heterocycles. The molecule has 176 valence electrons. The molecule has 32 heavy (non-hydrogen) atoms. The van der Waals surface area contributed by atoms with Crippen molar-refractivity contribution in [2.75, 3.05) is 45.3 Å². The Morgan fingerprint density at radius 1 is 1.25 bits per heavy atom. The van der Waals surface area contributed by atoms with Crippen LogP contribution in [0, 0.1) is 0 Å². The first-order valence-corrected chi connectivity index (χ1v) is 11.4. The van der Waals surface area contributed by atoms with Gasteiger partial charge in [-0.05, 0) is 64.3 Å². The monoisotopic (exact) mass is 445 g/mol. The van der Waals surface area contributed by atoms with Gasteiger partial charge in [0.2, 0.25) is 0 Å². The zero-order valence-electron chi connectivity index (χ0n) is 19.4. The van der Waals surface area contributed by atoms with E-state index in [1.807, 2.05) is 6.07 Å². The number of likely N-dealkylation sites (tertiary alicyclic amines) is 1. The number of hydrogen-bond donors (Lipinski definition) is 2. The van der Waals surface area contributed by atoms with Gasteiger partial charge in [0.15, 0.2) is 11.5 Å². The Labute approximate surface area is 189 Å². The van der Waals surface area contributed by atoms with Crippen LogP contribution < -0.4 is 14.8 Å². The molecule has 0 bridgehead atoms. The lowest BCUT2D eigenvalue weighted by atomic mass is 9.98. The van der Waals surface area contributed by atoms with Crippen LogP contribution in [0.25, 0.3) is 10.9 Å². The third kappa shape index (κ3) is 6.01. The molecule has 4 rings (SSSR count). The normalized spacial score (nSPS) is 15.8. The quantitative estimate of drug-likeness (QED) is 0.469. The van der Waals surface area contributed by atoms with E-state index in [2.05, 4.69) is 30.1 Å². The van der Waals surface area contributed by atoms with E-state index in [9.17, 15) is 0 Å². The van der Waals surface area contributed by atoms with Crippen LogP contribution in [0.5, 0.6) is 11.5 Å². The molecule has 1 aromatic heterocycles. The molecule has 0 saturated carbocycles. The Balaban J connectivity index is 0.000000913. The maximum absolute atomic E-state index is 8.36. The minimum atomic E-state index is -0.250. The van der Waals surface area contributed by atoms with Crippen LogP contribution in [0.3, 0.4) is 0 Å². The summed E-state index contributed by atoms with van der Waals surface area (Å²) in [5.41, 5.74) is 3.42. The summed E-state index contributed by atoms with van der Waals surface area (Å²) in [7, 11) is 1.70. The average molecular weight is 446 g/mol. The van der Waals surface area contributed by atoms with Crippen molar-refractivity contribution in [3.05, 3.63) is 23.3 Å². The SMILES string of the molecule is COc1cc2c3c(c(NC(C)C)nc2cc1OCCCN1CCCC1)COCC3.O=CO. The molecule has 2 aliphatic heterocycles. The molecule has 0 unspecified atom stereocenters. The molecule has 0 atom stereocenters. The number of methoxy groups -OCH3 is 1. The second-order valence-electron chi connectivity index (χ2n) is 8.40. The smallest absolute Gasteiger partial charge is 0.290 e. The van der Waals surface area contributed by atoms with Gasteiger partial charge in [0.1, 0.15) is 5.82 Å². The molecule has 0 aliphatic carbocycles. The van der Waals surface area contributed by atoms with Crippen LogP contribution in [0.2, 0.25) is 0 Å². The van der Waals surface area contributed by atoms with Crippen LogP contribution in [-0.2, 0) is 22.6 Å². The third-order valence-electron chi connectivity index (χ3n) is 5.73. The number of nitrogens with zero attached hydrogens (tertiary/aromatic N) is 2. The number of carbonyl (C=O) groups is 1. The molecular weight excluding hydrogens is 410 g/mol. The van der Waals surface area contributed by atoms with Crippen LogP contribution >= 0.6 is 0 Å². The molecule has 0 spiro atoms. The number of rotatable bonds is 8. The fraction of sp³-hybridized carbons (Fsp3) is 0.583. The predicted molar refractivity (Wildman–Crippen MR) is 125 cm³/mol. The Bertz CT molecular complexity index is 897. The first-order chi connectivity index (χ1) is 15.6. The molecule has 1 fully saturated rings. The Kier molecular flexibility index (Phi) is 8.93. The fourth-order valence-corrected chi connectivity index (χ4v) is 4.31. The number of nitrogens with one attached hydrogen (secondary N) is 1. The molecule has 0 amide bonds. The summed E-state index contributed by atoms with van der Waals surface area (Å²) in [6.07, 6.45) is 4.57. The number of carboxylic acid groups (broad SMARTS) is 1. The second kappa shape index (κ2) is 11.9. The van der Waals surface area contributed by atoms with Gasteiger partial charge < -0.3 is 29.5 Å². The number of pyridine rings is 1.